The van der Waals surface area contributed by atoms with E-state index in [4.69, 9.17) is 24.1 Å². The third kappa shape index (κ3) is 10.4. The van der Waals surface area contributed by atoms with Crippen LogP contribution in [0.1, 0.15) is 127 Å². The largest absolute Gasteiger partial charge is 0.508 e. The fourth-order valence-corrected chi connectivity index (χ4v) is 7.37. The van der Waals surface area contributed by atoms with Crippen molar-refractivity contribution in [3.8, 4) is 11.5 Å². The maximum Gasteiger partial charge on any atom is 0.316 e. The Kier molecular flexibility index (Phi) is 13.8. The second-order valence-electron chi connectivity index (χ2n) is 16.8. The van der Waals surface area contributed by atoms with E-state index in [1.54, 1.807) is 12.1 Å². The van der Waals surface area contributed by atoms with Gasteiger partial charge in [-0.25, -0.2) is 0 Å². The summed E-state index contributed by atoms with van der Waals surface area (Å²) in [6, 6.07) is 6.11. The number of carbonyl (C=O) groups is 3. The Labute approximate surface area is 294 Å². The van der Waals surface area contributed by atoms with E-state index in [1.165, 1.54) is 18.6 Å². The highest BCUT2D eigenvalue weighted by Crippen LogP contribution is 2.62. The maximum absolute atomic E-state index is 12.5. The number of rotatable bonds is 12. The summed E-state index contributed by atoms with van der Waals surface area (Å²) in [5, 5.41) is 18.9. The van der Waals surface area contributed by atoms with Gasteiger partial charge in [0.25, 0.3) is 0 Å². The van der Waals surface area contributed by atoms with Crippen LogP contribution in [0.25, 0.3) is 0 Å². The van der Waals surface area contributed by atoms with Crippen molar-refractivity contribution in [3.05, 3.63) is 24.3 Å². The molecule has 4 aliphatic carbocycles. The van der Waals surface area contributed by atoms with E-state index in [9.17, 15) is 19.5 Å². The normalized spacial score (nSPS) is 26.9. The third-order valence-corrected chi connectivity index (χ3v) is 11.8. The van der Waals surface area contributed by atoms with Gasteiger partial charge < -0.3 is 29.2 Å². The minimum atomic E-state index is -0.474. The molecule has 9 heteroatoms. The molecule has 9 nitrogen and oxygen atoms in total. The molecular formula is C40H64O9. The van der Waals surface area contributed by atoms with Gasteiger partial charge >= 0.3 is 17.9 Å². The zero-order valence-corrected chi connectivity index (χ0v) is 31.7. The van der Waals surface area contributed by atoms with Gasteiger partial charge in [0, 0.05) is 6.61 Å². The molecule has 1 heterocycles. The van der Waals surface area contributed by atoms with Gasteiger partial charge in [0.1, 0.15) is 23.7 Å². The summed E-state index contributed by atoms with van der Waals surface area (Å²) in [5.41, 5.74) is -0.978. The summed E-state index contributed by atoms with van der Waals surface area (Å²) in [4.78, 5) is 35.6. The molecule has 1 aromatic carbocycles. The number of carbonyl (C=O) groups excluding carboxylic acids is 3. The fourth-order valence-electron chi connectivity index (χ4n) is 7.37. The van der Waals surface area contributed by atoms with Crippen molar-refractivity contribution in [2.24, 2.45) is 39.4 Å². The monoisotopic (exact) mass is 688 g/mol. The molecule has 5 fully saturated rings. The Morgan fingerprint density at radius 1 is 0.898 bits per heavy atom. The Morgan fingerprint density at radius 2 is 1.45 bits per heavy atom. The maximum atomic E-state index is 12.5. The van der Waals surface area contributed by atoms with E-state index in [1.807, 2.05) is 55.4 Å². The molecule has 49 heavy (non-hydrogen) atoms. The highest BCUT2D eigenvalue weighted by atomic mass is 16.6. The zero-order valence-electron chi connectivity index (χ0n) is 31.7. The second kappa shape index (κ2) is 16.6. The SMILES string of the molecule is CCC(C)(C)C(=O)OC12CC3CC(CC(CO)(C3)C1)C2.CCC(C)(C)C(=O)Oc1ccc(O)cc1.CCC(C)C(=O)OCC1(CC)COC1. The summed E-state index contributed by atoms with van der Waals surface area (Å²) in [5.74, 6) is 1.56. The van der Waals surface area contributed by atoms with Crippen molar-refractivity contribution in [1.29, 1.82) is 0 Å². The van der Waals surface area contributed by atoms with Crippen molar-refractivity contribution in [1.82, 2.24) is 0 Å². The number of hydrogen-bond acceptors (Lipinski definition) is 9. The summed E-state index contributed by atoms with van der Waals surface area (Å²) in [6.45, 7) is 19.9. The molecule has 0 amide bonds. The lowest BCUT2D eigenvalue weighted by molar-refractivity contribution is -0.214. The number of phenols is 1. The average molecular weight is 689 g/mol. The van der Waals surface area contributed by atoms with Crippen molar-refractivity contribution in [3.63, 3.8) is 0 Å². The molecule has 0 aromatic heterocycles. The van der Waals surface area contributed by atoms with Crippen LogP contribution in [0, 0.1) is 39.4 Å². The molecule has 2 N–H and O–H groups in total. The van der Waals surface area contributed by atoms with Gasteiger partial charge in [-0.3, -0.25) is 14.4 Å². The summed E-state index contributed by atoms with van der Waals surface area (Å²) < 4.78 is 21.7. The molecule has 3 atom stereocenters. The van der Waals surface area contributed by atoms with Crippen molar-refractivity contribution >= 4 is 17.9 Å². The molecule has 278 valence electrons. The Bertz CT molecular complexity index is 1230. The molecule has 0 radical (unpaired) electrons. The van der Waals surface area contributed by atoms with Crippen LogP contribution < -0.4 is 4.74 Å². The third-order valence-electron chi connectivity index (χ3n) is 11.8. The lowest BCUT2D eigenvalue weighted by Crippen LogP contribution is -2.59. The number of ether oxygens (including phenoxy) is 4. The molecule has 0 spiro atoms. The van der Waals surface area contributed by atoms with Gasteiger partial charge in [-0.05, 0) is 133 Å². The number of aromatic hydroxyl groups is 1. The van der Waals surface area contributed by atoms with Gasteiger partial charge in [-0.2, -0.15) is 0 Å². The summed E-state index contributed by atoms with van der Waals surface area (Å²) in [6.07, 6.45) is 9.87. The van der Waals surface area contributed by atoms with Crippen LogP contribution in [0.2, 0.25) is 0 Å². The van der Waals surface area contributed by atoms with Crippen LogP contribution in [-0.2, 0) is 28.6 Å². The summed E-state index contributed by atoms with van der Waals surface area (Å²) in [7, 11) is 0. The van der Waals surface area contributed by atoms with E-state index in [0.717, 1.165) is 71.0 Å². The number of hydrogen-bond donors (Lipinski definition) is 2. The molecule has 1 aromatic rings. The molecule has 4 bridgehead atoms. The molecule has 1 aliphatic heterocycles. The van der Waals surface area contributed by atoms with Crippen LogP contribution >= 0.6 is 0 Å². The lowest BCUT2D eigenvalue weighted by atomic mass is 9.48. The first kappa shape index (κ1) is 40.8. The van der Waals surface area contributed by atoms with Crippen LogP contribution in [-0.4, -0.2) is 60.1 Å². The number of esters is 3. The lowest BCUT2D eigenvalue weighted by Gasteiger charge is -2.61. The Hall–Kier alpha value is -2.65. The van der Waals surface area contributed by atoms with E-state index in [0.29, 0.717) is 24.2 Å². The van der Waals surface area contributed by atoms with Crippen molar-refractivity contribution in [2.45, 2.75) is 132 Å². The first-order valence-corrected chi connectivity index (χ1v) is 18.5. The van der Waals surface area contributed by atoms with E-state index in [2.05, 4.69) is 6.92 Å². The Balaban J connectivity index is 0.000000204. The minimum Gasteiger partial charge on any atom is -0.508 e. The number of aliphatic hydroxyl groups is 1. The molecule has 5 aliphatic rings. The topological polar surface area (TPSA) is 129 Å². The van der Waals surface area contributed by atoms with Crippen LogP contribution in [0.4, 0.5) is 0 Å². The standard InChI is InChI=1S/C17H28O3.C12H16O3.C11H20O3/c1-4-15(2,3)14(19)20-17-8-12-5-13(9-17)7-16(6-12,10-17)11-18;1-4-12(2,3)11(14)15-10-7-5-9(13)6-8-10;1-4-9(3)10(12)14-8-11(5-2)6-13-7-11/h12-13,18H,4-11H2,1-3H3;5-8,13H,4H2,1-3H3;9H,4-8H2,1-3H3. The highest BCUT2D eigenvalue weighted by Gasteiger charge is 2.59. The highest BCUT2D eigenvalue weighted by molar-refractivity contribution is 5.78. The second-order valence-corrected chi connectivity index (χ2v) is 16.8. The van der Waals surface area contributed by atoms with E-state index in [-0.39, 0.29) is 52.6 Å². The fraction of sp³-hybridized carbons (Fsp3) is 0.775. The van der Waals surface area contributed by atoms with Crippen LogP contribution in [0.3, 0.4) is 0 Å². The quantitative estimate of drug-likeness (QED) is 0.166. The van der Waals surface area contributed by atoms with E-state index < -0.39 is 10.8 Å². The first-order chi connectivity index (χ1) is 22.9. The van der Waals surface area contributed by atoms with Crippen LogP contribution in [0.15, 0.2) is 24.3 Å². The van der Waals surface area contributed by atoms with Gasteiger partial charge in [-0.15, -0.1) is 0 Å². The van der Waals surface area contributed by atoms with Gasteiger partial charge in [0.2, 0.25) is 0 Å². The molecule has 3 unspecified atom stereocenters. The predicted octanol–water partition coefficient (Wildman–Crippen LogP) is 8.03. The average Bonchev–Trinajstić information content (AvgIpc) is 3.04. The number of aliphatic hydroxyl groups excluding tert-OH is 1. The molecular weight excluding hydrogens is 624 g/mol. The number of phenolic OH excluding ortho intramolecular Hbond substituents is 1. The Morgan fingerprint density at radius 3 is 1.90 bits per heavy atom. The summed E-state index contributed by atoms with van der Waals surface area (Å²) >= 11 is 0. The first-order valence-electron chi connectivity index (χ1n) is 18.5. The number of benzene rings is 1. The minimum absolute atomic E-state index is 0.0184. The molecule has 4 saturated carbocycles. The predicted molar refractivity (Wildman–Crippen MR) is 189 cm³/mol. The van der Waals surface area contributed by atoms with Crippen LogP contribution in [0.5, 0.6) is 11.5 Å². The smallest absolute Gasteiger partial charge is 0.316 e. The van der Waals surface area contributed by atoms with Gasteiger partial charge in [-0.1, -0.05) is 34.6 Å². The molecule has 1 saturated heterocycles. The van der Waals surface area contributed by atoms with Gasteiger partial charge in [0.15, 0.2) is 0 Å². The van der Waals surface area contributed by atoms with Crippen molar-refractivity contribution < 1.29 is 43.5 Å². The molecule has 6 rings (SSSR count). The van der Waals surface area contributed by atoms with Crippen molar-refractivity contribution in [2.75, 3.05) is 26.4 Å². The van der Waals surface area contributed by atoms with E-state index >= 15 is 0 Å². The van der Waals surface area contributed by atoms with Gasteiger partial charge in [0.05, 0.1) is 35.4 Å². The zero-order chi connectivity index (χ0) is 36.7.